The minimum absolute atomic E-state index is 0.0323. The van der Waals surface area contributed by atoms with Gasteiger partial charge in [0.25, 0.3) is 10.0 Å². The van der Waals surface area contributed by atoms with E-state index in [4.69, 9.17) is 4.74 Å². The van der Waals surface area contributed by atoms with Gasteiger partial charge < -0.3 is 10.1 Å². The fourth-order valence-corrected chi connectivity index (χ4v) is 4.87. The van der Waals surface area contributed by atoms with Crippen LogP contribution in [0.5, 0.6) is 5.75 Å². The molecule has 0 fully saturated rings. The quantitative estimate of drug-likeness (QED) is 0.541. The molecule has 3 aromatic rings. The van der Waals surface area contributed by atoms with Crippen LogP contribution in [0.1, 0.15) is 5.56 Å². The van der Waals surface area contributed by atoms with Gasteiger partial charge in [-0.1, -0.05) is 17.7 Å². The topological polar surface area (TPSA) is 88.6 Å². The van der Waals surface area contributed by atoms with Crippen LogP contribution in [0.2, 0.25) is 0 Å². The maximum Gasteiger partial charge on any atom is 0.264 e. The highest BCUT2D eigenvalue weighted by molar-refractivity contribution is 9.10. The van der Waals surface area contributed by atoms with E-state index in [1.54, 1.807) is 48.7 Å². The smallest absolute Gasteiger partial charge is 0.264 e. The molecule has 0 saturated carbocycles. The number of carbonyl (C=O) groups excluding carboxylic acids is 1. The van der Waals surface area contributed by atoms with Crippen molar-refractivity contribution in [3.05, 3.63) is 77.0 Å². The molecule has 0 bridgehead atoms. The van der Waals surface area contributed by atoms with Crippen molar-refractivity contribution in [1.29, 1.82) is 0 Å². The first-order valence-corrected chi connectivity index (χ1v) is 11.2. The Balaban J connectivity index is 1.97. The zero-order valence-corrected chi connectivity index (χ0v) is 18.8. The number of benzene rings is 2. The number of sulfonamides is 1. The monoisotopic (exact) mass is 489 g/mol. The Bertz CT molecular complexity index is 1140. The third kappa shape index (κ3) is 4.98. The van der Waals surface area contributed by atoms with E-state index in [0.717, 1.165) is 9.87 Å². The lowest BCUT2D eigenvalue weighted by Gasteiger charge is -2.24. The molecule has 1 aromatic heterocycles. The summed E-state index contributed by atoms with van der Waals surface area (Å²) in [5.41, 5.74) is 1.84. The second kappa shape index (κ2) is 9.27. The Morgan fingerprint density at radius 3 is 2.50 bits per heavy atom. The Kier molecular flexibility index (Phi) is 6.73. The van der Waals surface area contributed by atoms with Crippen LogP contribution in [0.15, 0.2) is 76.4 Å². The van der Waals surface area contributed by atoms with Crippen LogP contribution >= 0.6 is 15.9 Å². The number of pyridine rings is 1. The second-order valence-corrected chi connectivity index (χ2v) is 9.15. The summed E-state index contributed by atoms with van der Waals surface area (Å²) in [6, 6.07) is 14.7. The Morgan fingerprint density at radius 1 is 1.17 bits per heavy atom. The van der Waals surface area contributed by atoms with E-state index in [1.165, 1.54) is 25.4 Å². The van der Waals surface area contributed by atoms with Gasteiger partial charge in [-0.05, 0) is 65.3 Å². The number of methoxy groups -OCH3 is 1. The molecule has 9 heteroatoms. The number of rotatable bonds is 7. The van der Waals surface area contributed by atoms with Crippen molar-refractivity contribution in [3.63, 3.8) is 0 Å². The number of anilines is 2. The molecule has 3 rings (SSSR count). The molecule has 0 aliphatic rings. The Labute approximate surface area is 183 Å². The van der Waals surface area contributed by atoms with Gasteiger partial charge in [0.05, 0.1) is 34.0 Å². The maximum atomic E-state index is 13.4. The lowest BCUT2D eigenvalue weighted by Crippen LogP contribution is -2.38. The average molecular weight is 490 g/mol. The molecule has 0 spiro atoms. The summed E-state index contributed by atoms with van der Waals surface area (Å²) in [5, 5.41) is 2.67. The summed E-state index contributed by atoms with van der Waals surface area (Å²) < 4.78 is 33.6. The minimum atomic E-state index is -4.03. The van der Waals surface area contributed by atoms with Gasteiger partial charge in [-0.15, -0.1) is 0 Å². The van der Waals surface area contributed by atoms with Crippen LogP contribution in [0.3, 0.4) is 0 Å². The van der Waals surface area contributed by atoms with Gasteiger partial charge in [-0.3, -0.25) is 14.1 Å². The molecule has 0 atom stereocenters. The van der Waals surface area contributed by atoms with Crippen LogP contribution in [-0.4, -0.2) is 33.0 Å². The minimum Gasteiger partial charge on any atom is -0.496 e. The fourth-order valence-electron chi connectivity index (χ4n) is 2.73. The number of halogens is 1. The molecule has 1 N–H and O–H groups in total. The SMILES string of the molecule is COc1ccc(S(=O)(=O)N(CC(=O)Nc2cccnc2)c2ccc(C)cc2)cc1Br. The van der Waals surface area contributed by atoms with Gasteiger partial charge in [0.1, 0.15) is 12.3 Å². The molecule has 30 heavy (non-hydrogen) atoms. The number of nitrogens with one attached hydrogen (secondary N) is 1. The molecule has 0 unspecified atom stereocenters. The molecular formula is C21H20BrN3O4S. The summed E-state index contributed by atoms with van der Waals surface area (Å²) >= 11 is 3.32. The molecule has 0 saturated heterocycles. The molecule has 1 amide bonds. The third-order valence-electron chi connectivity index (χ3n) is 4.27. The number of carbonyl (C=O) groups is 1. The number of hydrogen-bond acceptors (Lipinski definition) is 5. The Hall–Kier alpha value is -2.91. The van der Waals surface area contributed by atoms with Crippen LogP contribution in [0.25, 0.3) is 0 Å². The molecule has 156 valence electrons. The summed E-state index contributed by atoms with van der Waals surface area (Å²) in [4.78, 5) is 16.6. The number of nitrogens with zero attached hydrogens (tertiary/aromatic N) is 2. The van der Waals surface area contributed by atoms with Crippen molar-refractivity contribution in [2.75, 3.05) is 23.3 Å². The maximum absolute atomic E-state index is 13.4. The average Bonchev–Trinajstić information content (AvgIpc) is 2.73. The molecular weight excluding hydrogens is 470 g/mol. The van der Waals surface area contributed by atoms with E-state index in [-0.39, 0.29) is 4.90 Å². The van der Waals surface area contributed by atoms with E-state index >= 15 is 0 Å². The second-order valence-electron chi connectivity index (χ2n) is 6.43. The van der Waals surface area contributed by atoms with Gasteiger partial charge in [0, 0.05) is 6.20 Å². The highest BCUT2D eigenvalue weighted by atomic mass is 79.9. The van der Waals surface area contributed by atoms with E-state index in [2.05, 4.69) is 26.2 Å². The van der Waals surface area contributed by atoms with E-state index in [0.29, 0.717) is 21.6 Å². The number of aromatic nitrogens is 1. The van der Waals surface area contributed by atoms with Gasteiger partial charge >= 0.3 is 0 Å². The molecule has 0 aliphatic heterocycles. The van der Waals surface area contributed by atoms with Crippen LogP contribution < -0.4 is 14.4 Å². The van der Waals surface area contributed by atoms with Crippen LogP contribution in [-0.2, 0) is 14.8 Å². The molecule has 1 heterocycles. The lowest BCUT2D eigenvalue weighted by molar-refractivity contribution is -0.114. The van der Waals surface area contributed by atoms with Crippen molar-refractivity contribution in [2.45, 2.75) is 11.8 Å². The third-order valence-corrected chi connectivity index (χ3v) is 6.66. The number of hydrogen-bond donors (Lipinski definition) is 1. The van der Waals surface area contributed by atoms with Crippen LogP contribution in [0.4, 0.5) is 11.4 Å². The van der Waals surface area contributed by atoms with Gasteiger partial charge in [0.15, 0.2) is 0 Å². The Morgan fingerprint density at radius 2 is 1.90 bits per heavy atom. The van der Waals surface area contributed by atoms with Crippen molar-refractivity contribution >= 4 is 43.2 Å². The number of amides is 1. The van der Waals surface area contributed by atoms with Gasteiger partial charge in [-0.2, -0.15) is 0 Å². The normalized spacial score (nSPS) is 11.0. The summed E-state index contributed by atoms with van der Waals surface area (Å²) in [5.74, 6) is 0.0184. The van der Waals surface area contributed by atoms with Gasteiger partial charge in [-0.25, -0.2) is 8.42 Å². The predicted molar refractivity (Wildman–Crippen MR) is 119 cm³/mol. The molecule has 0 radical (unpaired) electrons. The van der Waals surface area contributed by atoms with E-state index in [9.17, 15) is 13.2 Å². The number of ether oxygens (including phenoxy) is 1. The molecule has 2 aromatic carbocycles. The first-order valence-electron chi connectivity index (χ1n) is 8.94. The van der Waals surface area contributed by atoms with E-state index < -0.39 is 22.5 Å². The van der Waals surface area contributed by atoms with Crippen molar-refractivity contribution < 1.29 is 17.9 Å². The van der Waals surface area contributed by atoms with Crippen LogP contribution in [0, 0.1) is 6.92 Å². The standard InChI is InChI=1S/C21H20BrN3O4S/c1-15-5-7-17(8-6-15)25(14-21(26)24-16-4-3-11-23-13-16)30(27,28)18-9-10-20(29-2)19(22)12-18/h3-13H,14H2,1-2H3,(H,24,26). The highest BCUT2D eigenvalue weighted by Crippen LogP contribution is 2.30. The van der Waals surface area contributed by atoms with Gasteiger partial charge in [0.2, 0.25) is 5.91 Å². The van der Waals surface area contributed by atoms with Crippen molar-refractivity contribution in [1.82, 2.24) is 4.98 Å². The first-order chi connectivity index (χ1) is 14.3. The highest BCUT2D eigenvalue weighted by Gasteiger charge is 2.28. The predicted octanol–water partition coefficient (Wildman–Crippen LogP) is 4.00. The summed E-state index contributed by atoms with van der Waals surface area (Å²) in [6.07, 6.45) is 3.07. The van der Waals surface area contributed by atoms with Crippen molar-refractivity contribution in [3.8, 4) is 5.75 Å². The molecule has 7 nitrogen and oxygen atoms in total. The first kappa shape index (κ1) is 21.8. The number of aryl methyl sites for hydroxylation is 1. The lowest BCUT2D eigenvalue weighted by atomic mass is 10.2. The summed E-state index contributed by atoms with van der Waals surface area (Å²) in [7, 11) is -2.53. The zero-order chi connectivity index (χ0) is 21.7. The summed E-state index contributed by atoms with van der Waals surface area (Å²) in [6.45, 7) is 1.50. The van der Waals surface area contributed by atoms with Crippen molar-refractivity contribution in [2.24, 2.45) is 0 Å². The molecule has 0 aliphatic carbocycles. The zero-order valence-electron chi connectivity index (χ0n) is 16.4. The largest absolute Gasteiger partial charge is 0.496 e. The fraction of sp³-hybridized carbons (Fsp3) is 0.143. The van der Waals surface area contributed by atoms with E-state index in [1.807, 2.05) is 6.92 Å².